The third kappa shape index (κ3) is 3.39. The summed E-state index contributed by atoms with van der Waals surface area (Å²) in [6.45, 7) is 2.94. The number of hydrogen-bond donors (Lipinski definition) is 1. The zero-order valence-electron chi connectivity index (χ0n) is 11.2. The van der Waals surface area contributed by atoms with Gasteiger partial charge in [-0.05, 0) is 30.9 Å². The second kappa shape index (κ2) is 6.09. The van der Waals surface area contributed by atoms with Gasteiger partial charge in [0.15, 0.2) is 16.8 Å². The largest absolute Gasteiger partial charge is 0.302 e. The number of rotatable bonds is 4. The summed E-state index contributed by atoms with van der Waals surface area (Å²) in [5.74, 6) is -1.76. The molecule has 0 aliphatic heterocycles. The average Bonchev–Trinajstić information content (AvgIpc) is 2.82. The van der Waals surface area contributed by atoms with Crippen molar-refractivity contribution in [2.45, 2.75) is 26.7 Å². The molecule has 0 aliphatic carbocycles. The number of carbonyl (C=O) groups excluding carboxylic acids is 1. The SMILES string of the molecule is CC(=O)Nc1nc(CCc2ccc(C)c(F)c2F)cs1. The first-order chi connectivity index (χ1) is 9.47. The molecule has 0 unspecified atom stereocenters. The van der Waals surface area contributed by atoms with Gasteiger partial charge in [0.05, 0.1) is 5.69 Å². The van der Waals surface area contributed by atoms with Crippen LogP contribution in [0.15, 0.2) is 17.5 Å². The Morgan fingerprint density at radius 2 is 2.05 bits per heavy atom. The highest BCUT2D eigenvalue weighted by Crippen LogP contribution is 2.20. The van der Waals surface area contributed by atoms with Crippen LogP contribution in [0.25, 0.3) is 0 Å². The van der Waals surface area contributed by atoms with Crippen LogP contribution in [0.5, 0.6) is 0 Å². The van der Waals surface area contributed by atoms with Crippen molar-refractivity contribution in [1.82, 2.24) is 4.98 Å². The van der Waals surface area contributed by atoms with Gasteiger partial charge in [0.25, 0.3) is 0 Å². The molecule has 0 atom stereocenters. The molecule has 1 N–H and O–H groups in total. The minimum Gasteiger partial charge on any atom is -0.302 e. The van der Waals surface area contributed by atoms with E-state index in [9.17, 15) is 13.6 Å². The van der Waals surface area contributed by atoms with Crippen LogP contribution in [0.1, 0.15) is 23.7 Å². The van der Waals surface area contributed by atoms with E-state index in [4.69, 9.17) is 0 Å². The first kappa shape index (κ1) is 14.6. The molecule has 2 rings (SSSR count). The summed E-state index contributed by atoms with van der Waals surface area (Å²) in [6, 6.07) is 3.16. The Hall–Kier alpha value is -1.82. The van der Waals surface area contributed by atoms with E-state index in [1.165, 1.54) is 25.2 Å². The van der Waals surface area contributed by atoms with Crippen molar-refractivity contribution in [2.24, 2.45) is 0 Å². The predicted octanol–water partition coefficient (Wildman–Crippen LogP) is 3.47. The van der Waals surface area contributed by atoms with E-state index < -0.39 is 11.6 Å². The molecule has 1 aromatic heterocycles. The Labute approximate surface area is 119 Å². The molecule has 0 saturated heterocycles. The lowest BCUT2D eigenvalue weighted by Crippen LogP contribution is -2.05. The van der Waals surface area contributed by atoms with Crippen LogP contribution in [-0.4, -0.2) is 10.9 Å². The topological polar surface area (TPSA) is 42.0 Å². The summed E-state index contributed by atoms with van der Waals surface area (Å²) in [5, 5.41) is 4.90. The quantitative estimate of drug-likeness (QED) is 0.938. The fourth-order valence-corrected chi connectivity index (χ4v) is 2.56. The third-order valence-corrected chi connectivity index (χ3v) is 3.65. The molecule has 106 valence electrons. The first-order valence-electron chi connectivity index (χ1n) is 6.13. The molecule has 0 spiro atoms. The highest BCUT2D eigenvalue weighted by Gasteiger charge is 2.11. The summed E-state index contributed by atoms with van der Waals surface area (Å²) >= 11 is 1.31. The molecule has 1 amide bonds. The third-order valence-electron chi connectivity index (χ3n) is 2.84. The van der Waals surface area contributed by atoms with Gasteiger partial charge in [-0.2, -0.15) is 0 Å². The molecule has 6 heteroatoms. The standard InChI is InChI=1S/C14H14F2N2OS/c1-8-3-4-10(13(16)12(8)15)5-6-11-7-20-14(18-11)17-9(2)19/h3-4,7H,5-6H2,1-2H3,(H,17,18,19). The van der Waals surface area contributed by atoms with Crippen LogP contribution >= 0.6 is 11.3 Å². The predicted molar refractivity (Wildman–Crippen MR) is 74.9 cm³/mol. The highest BCUT2D eigenvalue weighted by molar-refractivity contribution is 7.13. The number of amides is 1. The van der Waals surface area contributed by atoms with E-state index in [1.807, 2.05) is 0 Å². The average molecular weight is 296 g/mol. The summed E-state index contributed by atoms with van der Waals surface area (Å²) in [5.41, 5.74) is 1.38. The molecule has 0 aliphatic rings. The number of halogens is 2. The molecule has 0 fully saturated rings. The zero-order valence-corrected chi connectivity index (χ0v) is 12.0. The van der Waals surface area contributed by atoms with E-state index in [2.05, 4.69) is 10.3 Å². The van der Waals surface area contributed by atoms with E-state index in [1.54, 1.807) is 17.5 Å². The van der Waals surface area contributed by atoms with Crippen molar-refractivity contribution in [2.75, 3.05) is 5.32 Å². The Balaban J connectivity index is 2.04. The van der Waals surface area contributed by atoms with Gasteiger partial charge in [-0.15, -0.1) is 11.3 Å². The number of benzene rings is 1. The maximum Gasteiger partial charge on any atom is 0.223 e. The maximum absolute atomic E-state index is 13.7. The van der Waals surface area contributed by atoms with Crippen molar-refractivity contribution < 1.29 is 13.6 Å². The fourth-order valence-electron chi connectivity index (χ4n) is 1.77. The molecule has 0 saturated carbocycles. The molecule has 20 heavy (non-hydrogen) atoms. The molecule has 3 nitrogen and oxygen atoms in total. The van der Waals surface area contributed by atoms with Gasteiger partial charge in [-0.1, -0.05) is 12.1 Å². The smallest absolute Gasteiger partial charge is 0.223 e. The Morgan fingerprint density at radius 3 is 2.75 bits per heavy atom. The van der Waals surface area contributed by atoms with E-state index in [0.717, 1.165) is 5.69 Å². The summed E-state index contributed by atoms with van der Waals surface area (Å²) in [4.78, 5) is 15.1. The number of hydrogen-bond acceptors (Lipinski definition) is 3. The fraction of sp³-hybridized carbons (Fsp3) is 0.286. The minimum absolute atomic E-state index is 0.183. The van der Waals surface area contributed by atoms with Crippen molar-refractivity contribution >= 4 is 22.4 Å². The second-order valence-electron chi connectivity index (χ2n) is 4.49. The van der Waals surface area contributed by atoms with Crippen molar-refractivity contribution in [3.05, 3.63) is 46.0 Å². The number of aromatic nitrogens is 1. The van der Waals surface area contributed by atoms with Gasteiger partial charge in [-0.25, -0.2) is 13.8 Å². The van der Waals surface area contributed by atoms with Crippen LogP contribution in [0, 0.1) is 18.6 Å². The van der Waals surface area contributed by atoms with Crippen LogP contribution in [0.4, 0.5) is 13.9 Å². The van der Waals surface area contributed by atoms with Gasteiger partial charge < -0.3 is 5.32 Å². The minimum atomic E-state index is -0.792. The number of aryl methyl sites for hydroxylation is 3. The summed E-state index contributed by atoms with van der Waals surface area (Å²) in [7, 11) is 0. The molecular weight excluding hydrogens is 282 g/mol. The Bertz CT molecular complexity index is 640. The lowest BCUT2D eigenvalue weighted by atomic mass is 10.1. The number of nitrogens with one attached hydrogen (secondary N) is 1. The van der Waals surface area contributed by atoms with Gasteiger partial charge in [0.1, 0.15) is 0 Å². The highest BCUT2D eigenvalue weighted by atomic mass is 32.1. The zero-order chi connectivity index (χ0) is 14.7. The van der Waals surface area contributed by atoms with E-state index in [0.29, 0.717) is 29.1 Å². The molecule has 2 aromatic rings. The van der Waals surface area contributed by atoms with Crippen LogP contribution in [-0.2, 0) is 17.6 Å². The lowest BCUT2D eigenvalue weighted by molar-refractivity contribution is -0.114. The van der Waals surface area contributed by atoms with Crippen LogP contribution < -0.4 is 5.32 Å². The normalized spacial score (nSPS) is 10.6. The molecule has 0 bridgehead atoms. The molecule has 0 radical (unpaired) electrons. The lowest BCUT2D eigenvalue weighted by Gasteiger charge is -2.05. The Kier molecular flexibility index (Phi) is 4.44. The van der Waals surface area contributed by atoms with Crippen LogP contribution in [0.3, 0.4) is 0 Å². The first-order valence-corrected chi connectivity index (χ1v) is 7.01. The van der Waals surface area contributed by atoms with Gasteiger partial charge in [0.2, 0.25) is 5.91 Å². The monoisotopic (exact) mass is 296 g/mol. The Morgan fingerprint density at radius 1 is 1.30 bits per heavy atom. The van der Waals surface area contributed by atoms with Crippen molar-refractivity contribution in [3.8, 4) is 0 Å². The van der Waals surface area contributed by atoms with Gasteiger partial charge in [0, 0.05) is 12.3 Å². The molecule has 1 heterocycles. The number of nitrogens with zero attached hydrogens (tertiary/aromatic N) is 1. The maximum atomic E-state index is 13.7. The van der Waals surface area contributed by atoms with E-state index >= 15 is 0 Å². The van der Waals surface area contributed by atoms with Crippen LogP contribution in [0.2, 0.25) is 0 Å². The van der Waals surface area contributed by atoms with Gasteiger partial charge in [-0.3, -0.25) is 4.79 Å². The van der Waals surface area contributed by atoms with Gasteiger partial charge >= 0.3 is 0 Å². The number of carbonyl (C=O) groups is 1. The second-order valence-corrected chi connectivity index (χ2v) is 5.35. The summed E-state index contributed by atoms with van der Waals surface area (Å²) in [6.07, 6.45) is 0.863. The number of anilines is 1. The van der Waals surface area contributed by atoms with Crippen molar-refractivity contribution in [3.63, 3.8) is 0 Å². The molecular formula is C14H14F2N2OS. The molecule has 1 aromatic carbocycles. The van der Waals surface area contributed by atoms with E-state index in [-0.39, 0.29) is 5.91 Å². The van der Waals surface area contributed by atoms with Crippen molar-refractivity contribution in [1.29, 1.82) is 0 Å². The summed E-state index contributed by atoms with van der Waals surface area (Å²) < 4.78 is 27.1. The number of thiazole rings is 1.